The smallest absolute Gasteiger partial charge is 0.262 e. The Hall–Kier alpha value is -4.05. The van der Waals surface area contributed by atoms with Gasteiger partial charge in [-0.1, -0.05) is 6.07 Å². The second-order valence-corrected chi connectivity index (χ2v) is 8.95. The number of hydrogen-bond acceptors (Lipinski definition) is 8. The first kappa shape index (κ1) is 23.1. The molecule has 1 heterocycles. The molecule has 0 radical (unpaired) electrons. The van der Waals surface area contributed by atoms with Crippen LogP contribution in [0.2, 0.25) is 0 Å². The summed E-state index contributed by atoms with van der Waals surface area (Å²) in [6.45, 7) is 1.72. The number of sulfonamides is 1. The van der Waals surface area contributed by atoms with Crippen molar-refractivity contribution in [3.05, 3.63) is 66.2 Å². The number of rotatable bonds is 8. The van der Waals surface area contributed by atoms with Gasteiger partial charge < -0.3 is 18.6 Å². The van der Waals surface area contributed by atoms with Gasteiger partial charge in [-0.3, -0.25) is 4.72 Å². The van der Waals surface area contributed by atoms with E-state index in [2.05, 4.69) is 14.9 Å². The van der Waals surface area contributed by atoms with Crippen LogP contribution in [0.4, 0.5) is 5.69 Å². The summed E-state index contributed by atoms with van der Waals surface area (Å²) in [5, 5.41) is 8.20. The number of methoxy groups -OCH3 is 3. The number of nitrogens with one attached hydrogen (secondary N) is 1. The van der Waals surface area contributed by atoms with Gasteiger partial charge in [0, 0.05) is 16.8 Å². The van der Waals surface area contributed by atoms with Gasteiger partial charge in [-0.2, -0.15) is 0 Å². The number of ether oxygens (including phenoxy) is 3. The SMILES string of the molecule is COc1ccc(NS(=O)(=O)c2cc(-c3nnc(-c4ccc(OC)c(OC)c4)o3)ccc2C)cc1. The molecule has 0 aliphatic rings. The Labute approximate surface area is 197 Å². The summed E-state index contributed by atoms with van der Waals surface area (Å²) < 4.78 is 50.3. The molecule has 0 bridgehead atoms. The maximum absolute atomic E-state index is 13.1. The van der Waals surface area contributed by atoms with E-state index in [0.29, 0.717) is 39.6 Å². The van der Waals surface area contributed by atoms with Crippen LogP contribution in [0.1, 0.15) is 5.56 Å². The fourth-order valence-electron chi connectivity index (χ4n) is 3.32. The highest BCUT2D eigenvalue weighted by atomic mass is 32.2. The molecule has 3 aromatic carbocycles. The number of hydrogen-bond donors (Lipinski definition) is 1. The van der Waals surface area contributed by atoms with Gasteiger partial charge in [-0.15, -0.1) is 10.2 Å². The number of benzene rings is 3. The minimum atomic E-state index is -3.87. The fraction of sp³-hybridized carbons (Fsp3) is 0.167. The van der Waals surface area contributed by atoms with E-state index < -0.39 is 10.0 Å². The fourth-order valence-corrected chi connectivity index (χ4v) is 4.65. The van der Waals surface area contributed by atoms with Gasteiger partial charge in [0.25, 0.3) is 10.0 Å². The van der Waals surface area contributed by atoms with E-state index in [0.717, 1.165) is 0 Å². The molecule has 0 aliphatic carbocycles. The van der Waals surface area contributed by atoms with Crippen molar-refractivity contribution in [2.24, 2.45) is 0 Å². The lowest BCUT2D eigenvalue weighted by Crippen LogP contribution is -2.14. The predicted molar refractivity (Wildman–Crippen MR) is 127 cm³/mol. The minimum absolute atomic E-state index is 0.103. The highest BCUT2D eigenvalue weighted by Gasteiger charge is 2.20. The van der Waals surface area contributed by atoms with E-state index in [9.17, 15) is 8.42 Å². The molecule has 0 fully saturated rings. The molecule has 0 spiro atoms. The predicted octanol–water partition coefficient (Wildman–Crippen LogP) is 4.54. The summed E-state index contributed by atoms with van der Waals surface area (Å²) in [5.41, 5.74) is 2.10. The Morgan fingerprint density at radius 2 is 1.38 bits per heavy atom. The highest BCUT2D eigenvalue weighted by molar-refractivity contribution is 7.92. The largest absolute Gasteiger partial charge is 0.497 e. The second kappa shape index (κ2) is 9.44. The van der Waals surface area contributed by atoms with Crippen molar-refractivity contribution in [1.82, 2.24) is 10.2 Å². The number of nitrogens with zero attached hydrogens (tertiary/aromatic N) is 2. The maximum Gasteiger partial charge on any atom is 0.262 e. The molecule has 10 heteroatoms. The maximum atomic E-state index is 13.1. The number of aryl methyl sites for hydroxylation is 1. The summed E-state index contributed by atoms with van der Waals surface area (Å²) in [6, 6.07) is 16.8. The van der Waals surface area contributed by atoms with Crippen molar-refractivity contribution >= 4 is 15.7 Å². The molecule has 34 heavy (non-hydrogen) atoms. The summed E-state index contributed by atoms with van der Waals surface area (Å²) in [7, 11) is 0.764. The van der Waals surface area contributed by atoms with Gasteiger partial charge in [-0.05, 0) is 67.1 Å². The highest BCUT2D eigenvalue weighted by Crippen LogP contribution is 2.33. The zero-order chi connectivity index (χ0) is 24.3. The average Bonchev–Trinajstić information content (AvgIpc) is 3.34. The monoisotopic (exact) mass is 481 g/mol. The minimum Gasteiger partial charge on any atom is -0.497 e. The summed E-state index contributed by atoms with van der Waals surface area (Å²) in [4.78, 5) is 0.103. The molecule has 176 valence electrons. The average molecular weight is 482 g/mol. The van der Waals surface area contributed by atoms with Crippen molar-refractivity contribution in [3.8, 4) is 40.2 Å². The zero-order valence-electron chi connectivity index (χ0n) is 19.0. The van der Waals surface area contributed by atoms with Crippen LogP contribution in [0, 0.1) is 6.92 Å². The van der Waals surface area contributed by atoms with Crippen molar-refractivity contribution in [2.45, 2.75) is 11.8 Å². The second-order valence-electron chi connectivity index (χ2n) is 7.30. The lowest BCUT2D eigenvalue weighted by molar-refractivity contribution is 0.355. The van der Waals surface area contributed by atoms with Gasteiger partial charge in [0.2, 0.25) is 11.8 Å². The van der Waals surface area contributed by atoms with Gasteiger partial charge in [0.15, 0.2) is 11.5 Å². The molecule has 1 N–H and O–H groups in total. The van der Waals surface area contributed by atoms with Crippen LogP contribution in [-0.2, 0) is 10.0 Å². The third-order valence-corrected chi connectivity index (χ3v) is 6.65. The standard InChI is InChI=1S/C24H23N3O6S/c1-15-5-6-17(14-22(15)34(28,29)27-18-8-10-19(30-2)11-9-18)24-26-25-23(33-24)16-7-12-20(31-3)21(13-16)32-4/h5-14,27H,1-4H3. The van der Waals surface area contributed by atoms with Gasteiger partial charge in [0.05, 0.1) is 26.2 Å². The van der Waals surface area contributed by atoms with Crippen molar-refractivity contribution in [1.29, 1.82) is 0 Å². The zero-order valence-corrected chi connectivity index (χ0v) is 19.8. The van der Waals surface area contributed by atoms with Crippen LogP contribution in [0.25, 0.3) is 22.9 Å². The lowest BCUT2D eigenvalue weighted by Gasteiger charge is -2.11. The topological polar surface area (TPSA) is 113 Å². The molecule has 0 atom stereocenters. The van der Waals surface area contributed by atoms with Crippen LogP contribution >= 0.6 is 0 Å². The van der Waals surface area contributed by atoms with E-state index in [1.807, 2.05) is 0 Å². The molecule has 0 amide bonds. The Kier molecular flexibility index (Phi) is 6.42. The third kappa shape index (κ3) is 4.67. The normalized spacial score (nSPS) is 11.2. The van der Waals surface area contributed by atoms with E-state index in [1.165, 1.54) is 13.2 Å². The van der Waals surface area contributed by atoms with E-state index in [4.69, 9.17) is 18.6 Å². The first-order valence-electron chi connectivity index (χ1n) is 10.2. The van der Waals surface area contributed by atoms with Gasteiger partial charge in [-0.25, -0.2) is 8.42 Å². The number of aromatic nitrogens is 2. The molecule has 4 aromatic rings. The van der Waals surface area contributed by atoms with Crippen LogP contribution in [0.3, 0.4) is 0 Å². The van der Waals surface area contributed by atoms with E-state index in [1.54, 1.807) is 75.7 Å². The molecule has 0 saturated heterocycles. The van der Waals surface area contributed by atoms with Gasteiger partial charge in [0.1, 0.15) is 5.75 Å². The summed E-state index contributed by atoms with van der Waals surface area (Å²) in [6.07, 6.45) is 0. The summed E-state index contributed by atoms with van der Waals surface area (Å²) >= 11 is 0. The first-order chi connectivity index (χ1) is 16.3. The Morgan fingerprint density at radius 3 is 2.00 bits per heavy atom. The van der Waals surface area contributed by atoms with Crippen LogP contribution < -0.4 is 18.9 Å². The van der Waals surface area contributed by atoms with Crippen LogP contribution in [-0.4, -0.2) is 39.9 Å². The first-order valence-corrected chi connectivity index (χ1v) is 11.7. The third-order valence-electron chi connectivity index (χ3n) is 5.12. The summed E-state index contributed by atoms with van der Waals surface area (Å²) in [5.74, 6) is 2.17. The van der Waals surface area contributed by atoms with Crippen LogP contribution in [0.15, 0.2) is 70.0 Å². The number of anilines is 1. The molecule has 1 aromatic heterocycles. The Morgan fingerprint density at radius 1 is 0.765 bits per heavy atom. The Balaban J connectivity index is 1.64. The lowest BCUT2D eigenvalue weighted by atomic mass is 10.1. The quantitative estimate of drug-likeness (QED) is 0.390. The molecule has 4 rings (SSSR count). The molecule has 0 aliphatic heterocycles. The molecular weight excluding hydrogens is 458 g/mol. The van der Waals surface area contributed by atoms with Crippen molar-refractivity contribution in [2.75, 3.05) is 26.1 Å². The molecule has 9 nitrogen and oxygen atoms in total. The van der Waals surface area contributed by atoms with Gasteiger partial charge >= 0.3 is 0 Å². The molecule has 0 unspecified atom stereocenters. The van der Waals surface area contributed by atoms with E-state index in [-0.39, 0.29) is 16.7 Å². The van der Waals surface area contributed by atoms with Crippen LogP contribution in [0.5, 0.6) is 17.2 Å². The van der Waals surface area contributed by atoms with E-state index >= 15 is 0 Å². The molecular formula is C24H23N3O6S. The Bertz CT molecular complexity index is 1420. The van der Waals surface area contributed by atoms with Crippen molar-refractivity contribution < 1.29 is 27.0 Å². The van der Waals surface area contributed by atoms with Crippen molar-refractivity contribution in [3.63, 3.8) is 0 Å². The molecule has 0 saturated carbocycles.